The molecule has 2 aromatic carbocycles. The fraction of sp³-hybridized carbons (Fsp3) is 0.231. The number of nitrogens with zero attached hydrogens (tertiary/aromatic N) is 3. The highest BCUT2D eigenvalue weighted by Crippen LogP contribution is 2.27. The molecule has 0 fully saturated rings. The summed E-state index contributed by atoms with van der Waals surface area (Å²) in [5.74, 6) is -0.518. The Morgan fingerprint density at radius 2 is 1.76 bits per heavy atom. The molecule has 1 amide bonds. The minimum atomic E-state index is -0.341. The summed E-state index contributed by atoms with van der Waals surface area (Å²) >= 11 is 6.27. The zero-order chi connectivity index (χ0) is 23.8. The van der Waals surface area contributed by atoms with Crippen LogP contribution in [-0.2, 0) is 6.42 Å². The summed E-state index contributed by atoms with van der Waals surface area (Å²) in [7, 11) is 0. The first kappa shape index (κ1) is 24.3. The molecule has 2 aromatic heterocycles. The van der Waals surface area contributed by atoms with Crippen LogP contribution < -0.4 is 5.32 Å². The molecule has 33 heavy (non-hydrogen) atoms. The lowest BCUT2D eigenvalue weighted by Crippen LogP contribution is -2.24. The van der Waals surface area contributed by atoms with Crippen molar-refractivity contribution in [2.75, 3.05) is 6.54 Å². The Bertz CT molecular complexity index is 1230. The van der Waals surface area contributed by atoms with Crippen LogP contribution in [0.25, 0.3) is 22.3 Å². The second-order valence-corrected chi connectivity index (χ2v) is 7.60. The van der Waals surface area contributed by atoms with Crippen molar-refractivity contribution in [1.82, 2.24) is 20.3 Å². The quantitative estimate of drug-likeness (QED) is 0.346. The molecule has 1 N–H and O–H groups in total. The molecule has 4 aromatic rings. The Balaban J connectivity index is 0.00000149. The number of aryl methyl sites for hydroxylation is 2. The van der Waals surface area contributed by atoms with Gasteiger partial charge in [-0.2, -0.15) is 0 Å². The first-order chi connectivity index (χ1) is 16.0. The second-order valence-electron chi connectivity index (χ2n) is 7.24. The molecule has 0 saturated carbocycles. The van der Waals surface area contributed by atoms with Gasteiger partial charge < -0.3 is 5.32 Å². The van der Waals surface area contributed by atoms with Crippen LogP contribution in [-0.4, -0.2) is 27.4 Å². The number of pyridine rings is 1. The third-order valence-electron chi connectivity index (χ3n) is 4.90. The van der Waals surface area contributed by atoms with Crippen molar-refractivity contribution in [1.29, 1.82) is 0 Å². The summed E-state index contributed by atoms with van der Waals surface area (Å²) in [5, 5.41) is 3.16. The SMILES string of the molecule is CC.Cc1ccc(CCCNC(=O)c2ccc3nc(Cl)c(-c4ccc(F)cc4)nc3c2)cn1. The highest BCUT2D eigenvalue weighted by atomic mass is 35.5. The number of hydrogen-bond donors (Lipinski definition) is 1. The lowest BCUT2D eigenvalue weighted by Gasteiger charge is -2.08. The Morgan fingerprint density at radius 3 is 2.45 bits per heavy atom. The molecule has 170 valence electrons. The van der Waals surface area contributed by atoms with Crippen molar-refractivity contribution in [2.24, 2.45) is 0 Å². The van der Waals surface area contributed by atoms with Crippen LogP contribution >= 0.6 is 11.6 Å². The molecule has 4 rings (SSSR count). The molecule has 0 aliphatic rings. The van der Waals surface area contributed by atoms with E-state index in [1.165, 1.54) is 12.1 Å². The van der Waals surface area contributed by atoms with Crippen LogP contribution in [0.3, 0.4) is 0 Å². The van der Waals surface area contributed by atoms with Crippen molar-refractivity contribution < 1.29 is 9.18 Å². The van der Waals surface area contributed by atoms with E-state index in [2.05, 4.69) is 26.3 Å². The topological polar surface area (TPSA) is 67.8 Å². The lowest BCUT2D eigenvalue weighted by molar-refractivity contribution is 0.0953. The minimum Gasteiger partial charge on any atom is -0.352 e. The maximum Gasteiger partial charge on any atom is 0.251 e. The van der Waals surface area contributed by atoms with Gasteiger partial charge in [-0.05, 0) is 73.9 Å². The second kappa shape index (κ2) is 11.5. The van der Waals surface area contributed by atoms with E-state index in [1.54, 1.807) is 30.3 Å². The van der Waals surface area contributed by atoms with Gasteiger partial charge >= 0.3 is 0 Å². The number of benzene rings is 2. The van der Waals surface area contributed by atoms with Gasteiger partial charge in [-0.15, -0.1) is 0 Å². The van der Waals surface area contributed by atoms with Gasteiger partial charge in [0.2, 0.25) is 0 Å². The number of hydrogen-bond acceptors (Lipinski definition) is 4. The van der Waals surface area contributed by atoms with Gasteiger partial charge in [-0.25, -0.2) is 14.4 Å². The van der Waals surface area contributed by atoms with Crippen LogP contribution in [0, 0.1) is 12.7 Å². The summed E-state index contributed by atoms with van der Waals surface area (Å²) in [6.07, 6.45) is 3.52. The van der Waals surface area contributed by atoms with Gasteiger partial charge in [0.15, 0.2) is 5.15 Å². The van der Waals surface area contributed by atoms with E-state index in [4.69, 9.17) is 11.6 Å². The van der Waals surface area contributed by atoms with Crippen molar-refractivity contribution in [2.45, 2.75) is 33.6 Å². The number of nitrogens with one attached hydrogen (secondary N) is 1. The molecule has 0 spiro atoms. The molecule has 0 aliphatic carbocycles. The first-order valence-electron chi connectivity index (χ1n) is 10.9. The molecule has 0 radical (unpaired) electrons. The number of carbonyl (C=O) groups excluding carboxylic acids is 1. The lowest BCUT2D eigenvalue weighted by atomic mass is 10.1. The maximum atomic E-state index is 13.2. The standard InChI is InChI=1S/C24H20ClFN4O.C2H6/c1-15-4-5-16(14-28-15)3-2-12-27-24(31)18-8-11-20-21(13-18)29-22(23(25)30-20)17-6-9-19(26)10-7-17;1-2/h4-11,13-14H,2-3,12H2,1H3,(H,27,31);1-2H3. The third kappa shape index (κ3) is 6.33. The van der Waals surface area contributed by atoms with E-state index in [-0.39, 0.29) is 16.9 Å². The molecule has 0 aliphatic heterocycles. The van der Waals surface area contributed by atoms with E-state index in [0.29, 0.717) is 34.4 Å². The number of carbonyl (C=O) groups is 1. The molecule has 0 unspecified atom stereocenters. The van der Waals surface area contributed by atoms with E-state index >= 15 is 0 Å². The number of amides is 1. The van der Waals surface area contributed by atoms with Crippen LogP contribution in [0.2, 0.25) is 5.15 Å². The van der Waals surface area contributed by atoms with Gasteiger partial charge in [0, 0.05) is 29.6 Å². The summed E-state index contributed by atoms with van der Waals surface area (Å²) in [4.78, 5) is 25.8. The van der Waals surface area contributed by atoms with Gasteiger partial charge in [0.1, 0.15) is 11.5 Å². The predicted molar refractivity (Wildman–Crippen MR) is 131 cm³/mol. The maximum absolute atomic E-state index is 13.2. The fourth-order valence-corrected chi connectivity index (χ4v) is 3.45. The van der Waals surface area contributed by atoms with Gasteiger partial charge in [-0.3, -0.25) is 9.78 Å². The van der Waals surface area contributed by atoms with Crippen molar-refractivity contribution >= 4 is 28.5 Å². The first-order valence-corrected chi connectivity index (χ1v) is 11.3. The molecule has 5 nitrogen and oxygen atoms in total. The van der Waals surface area contributed by atoms with E-state index in [0.717, 1.165) is 24.1 Å². The molecule has 7 heteroatoms. The molecule has 0 saturated heterocycles. The monoisotopic (exact) mass is 464 g/mol. The summed E-state index contributed by atoms with van der Waals surface area (Å²) in [5.41, 5.74) is 4.85. The number of rotatable bonds is 6. The summed E-state index contributed by atoms with van der Waals surface area (Å²) in [6.45, 7) is 6.51. The molecular weight excluding hydrogens is 439 g/mol. The number of halogens is 2. The average molecular weight is 465 g/mol. The van der Waals surface area contributed by atoms with E-state index < -0.39 is 0 Å². The van der Waals surface area contributed by atoms with E-state index in [1.807, 2.05) is 33.0 Å². The summed E-state index contributed by atoms with van der Waals surface area (Å²) < 4.78 is 13.2. The highest BCUT2D eigenvalue weighted by Gasteiger charge is 2.12. The Kier molecular flexibility index (Phi) is 8.44. The predicted octanol–water partition coefficient (Wildman–Crippen LogP) is 6.18. The van der Waals surface area contributed by atoms with Gasteiger partial charge in [-0.1, -0.05) is 31.5 Å². The summed E-state index contributed by atoms with van der Waals surface area (Å²) in [6, 6.07) is 15.0. The van der Waals surface area contributed by atoms with E-state index in [9.17, 15) is 9.18 Å². The normalized spacial score (nSPS) is 10.5. The van der Waals surface area contributed by atoms with Crippen molar-refractivity contribution in [3.63, 3.8) is 0 Å². The Hall–Kier alpha value is -3.38. The Labute approximate surface area is 198 Å². The molecule has 2 heterocycles. The van der Waals surface area contributed by atoms with Crippen LogP contribution in [0.5, 0.6) is 0 Å². The highest BCUT2D eigenvalue weighted by molar-refractivity contribution is 6.32. The molecule has 0 atom stereocenters. The smallest absolute Gasteiger partial charge is 0.251 e. The Morgan fingerprint density at radius 1 is 1.00 bits per heavy atom. The number of fused-ring (bicyclic) bond motifs is 1. The third-order valence-corrected chi connectivity index (χ3v) is 5.17. The van der Waals surface area contributed by atoms with Crippen molar-refractivity contribution in [3.05, 3.63) is 88.6 Å². The van der Waals surface area contributed by atoms with Crippen molar-refractivity contribution in [3.8, 4) is 11.3 Å². The largest absolute Gasteiger partial charge is 0.352 e. The number of aromatic nitrogens is 3. The van der Waals surface area contributed by atoms with Crippen LogP contribution in [0.15, 0.2) is 60.8 Å². The van der Waals surface area contributed by atoms with Gasteiger partial charge in [0.05, 0.1) is 11.0 Å². The van der Waals surface area contributed by atoms with Gasteiger partial charge in [0.25, 0.3) is 5.91 Å². The zero-order valence-corrected chi connectivity index (χ0v) is 19.7. The zero-order valence-electron chi connectivity index (χ0n) is 18.9. The average Bonchev–Trinajstić information content (AvgIpc) is 2.84. The van der Waals surface area contributed by atoms with Crippen LogP contribution in [0.4, 0.5) is 4.39 Å². The fourth-order valence-electron chi connectivity index (χ4n) is 3.21. The molecule has 0 bridgehead atoms. The molecular formula is C26H26ClFN4O. The minimum absolute atomic E-state index is 0.177. The van der Waals surface area contributed by atoms with Crippen LogP contribution in [0.1, 0.15) is 41.9 Å².